The average molecular weight is 271 g/mol. The van der Waals surface area contributed by atoms with Gasteiger partial charge in [0.25, 0.3) is 0 Å². The third-order valence-corrected chi connectivity index (χ3v) is 3.48. The monoisotopic (exact) mass is 271 g/mol. The molecule has 0 bridgehead atoms. The van der Waals surface area contributed by atoms with E-state index >= 15 is 0 Å². The molecule has 0 fully saturated rings. The summed E-state index contributed by atoms with van der Waals surface area (Å²) in [7, 11) is 2.11. The van der Waals surface area contributed by atoms with Gasteiger partial charge in [-0.3, -0.25) is 0 Å². The number of rotatable bonds is 7. The maximum Gasteiger partial charge on any atom is 0.129 e. The van der Waals surface area contributed by atoms with Crippen molar-refractivity contribution < 1.29 is 0 Å². The maximum absolute atomic E-state index is 4.78. The maximum atomic E-state index is 4.78. The smallest absolute Gasteiger partial charge is 0.129 e. The van der Waals surface area contributed by atoms with E-state index in [0.29, 0.717) is 0 Å². The Morgan fingerprint density at radius 3 is 2.70 bits per heavy atom. The van der Waals surface area contributed by atoms with Crippen LogP contribution in [0, 0.1) is 0 Å². The Kier molecular flexibility index (Phi) is 5.36. The minimum Gasteiger partial charge on any atom is -0.360 e. The van der Waals surface area contributed by atoms with E-state index in [1.165, 1.54) is 10.9 Å². The normalized spacial score (nSPS) is 10.9. The van der Waals surface area contributed by atoms with Crippen LogP contribution in [0.5, 0.6) is 0 Å². The van der Waals surface area contributed by atoms with Crippen LogP contribution in [0.4, 0.5) is 5.82 Å². The topological polar surface area (TPSA) is 28.2 Å². The van der Waals surface area contributed by atoms with Gasteiger partial charge in [0.2, 0.25) is 0 Å². The number of benzene rings is 1. The molecule has 1 heterocycles. The molecule has 20 heavy (non-hydrogen) atoms. The van der Waals surface area contributed by atoms with E-state index in [1.807, 2.05) is 0 Å². The van der Waals surface area contributed by atoms with Gasteiger partial charge < -0.3 is 10.2 Å². The van der Waals surface area contributed by atoms with Crippen LogP contribution in [-0.2, 0) is 6.54 Å². The number of anilines is 1. The van der Waals surface area contributed by atoms with Crippen molar-refractivity contribution in [1.82, 2.24) is 10.3 Å². The van der Waals surface area contributed by atoms with Crippen LogP contribution in [-0.4, -0.2) is 25.1 Å². The van der Waals surface area contributed by atoms with E-state index in [1.54, 1.807) is 0 Å². The molecule has 0 atom stereocenters. The van der Waals surface area contributed by atoms with Gasteiger partial charge in [-0.15, -0.1) is 0 Å². The predicted molar refractivity (Wildman–Crippen MR) is 87.3 cm³/mol. The lowest BCUT2D eigenvalue weighted by atomic mass is 10.1. The first-order chi connectivity index (χ1) is 9.76. The van der Waals surface area contributed by atoms with E-state index in [2.05, 4.69) is 61.4 Å². The summed E-state index contributed by atoms with van der Waals surface area (Å²) in [5.41, 5.74) is 2.42. The molecule has 0 radical (unpaired) electrons. The molecule has 3 heteroatoms. The average Bonchev–Trinajstić information content (AvgIpc) is 2.47. The minimum atomic E-state index is 0.907. The third-order valence-electron chi connectivity index (χ3n) is 3.48. The highest BCUT2D eigenvalue weighted by atomic mass is 15.2. The van der Waals surface area contributed by atoms with Crippen molar-refractivity contribution in [1.29, 1.82) is 0 Å². The largest absolute Gasteiger partial charge is 0.360 e. The van der Waals surface area contributed by atoms with Gasteiger partial charge in [0, 0.05) is 25.5 Å². The highest BCUT2D eigenvalue weighted by molar-refractivity contribution is 5.84. The summed E-state index contributed by atoms with van der Waals surface area (Å²) < 4.78 is 0. The summed E-state index contributed by atoms with van der Waals surface area (Å²) in [5, 5.41) is 4.75. The van der Waals surface area contributed by atoms with Gasteiger partial charge in [-0.25, -0.2) is 4.98 Å². The summed E-state index contributed by atoms with van der Waals surface area (Å²) >= 11 is 0. The molecule has 2 aromatic rings. The summed E-state index contributed by atoms with van der Waals surface area (Å²) in [6.07, 6.45) is 2.29. The van der Waals surface area contributed by atoms with Crippen LogP contribution in [0.2, 0.25) is 0 Å². The van der Waals surface area contributed by atoms with Crippen molar-refractivity contribution in [3.63, 3.8) is 0 Å². The van der Waals surface area contributed by atoms with Gasteiger partial charge in [0.15, 0.2) is 0 Å². The number of para-hydroxylation sites is 1. The predicted octanol–water partition coefficient (Wildman–Crippen LogP) is 3.58. The van der Waals surface area contributed by atoms with E-state index in [4.69, 9.17) is 4.98 Å². The Bertz CT molecular complexity index is 551. The molecule has 0 spiro atoms. The van der Waals surface area contributed by atoms with E-state index < -0.39 is 0 Å². The molecule has 0 saturated heterocycles. The highest BCUT2D eigenvalue weighted by Gasteiger charge is 2.08. The van der Waals surface area contributed by atoms with E-state index in [0.717, 1.165) is 43.8 Å². The Morgan fingerprint density at radius 2 is 1.95 bits per heavy atom. The number of aromatic nitrogens is 1. The number of nitrogens with one attached hydrogen (secondary N) is 1. The van der Waals surface area contributed by atoms with Crippen molar-refractivity contribution in [2.75, 3.05) is 25.0 Å². The number of fused-ring (bicyclic) bond motifs is 1. The molecular formula is C17H25N3. The third kappa shape index (κ3) is 3.48. The molecular weight excluding hydrogens is 246 g/mol. The molecule has 1 aromatic heterocycles. The first kappa shape index (κ1) is 14.8. The van der Waals surface area contributed by atoms with E-state index in [9.17, 15) is 0 Å². The van der Waals surface area contributed by atoms with Gasteiger partial charge in [0.05, 0.1) is 5.52 Å². The molecule has 0 aliphatic carbocycles. The summed E-state index contributed by atoms with van der Waals surface area (Å²) in [6.45, 7) is 7.38. The fourth-order valence-electron chi connectivity index (χ4n) is 2.42. The molecule has 1 N–H and O–H groups in total. The van der Waals surface area contributed by atoms with Gasteiger partial charge in [-0.2, -0.15) is 0 Å². The van der Waals surface area contributed by atoms with Crippen LogP contribution in [0.25, 0.3) is 10.9 Å². The second kappa shape index (κ2) is 7.25. The highest BCUT2D eigenvalue weighted by Crippen LogP contribution is 2.22. The SMILES string of the molecule is CCCNCc1cc(N(C)CCC)nc2ccccc12. The second-order valence-corrected chi connectivity index (χ2v) is 5.26. The standard InChI is InChI=1S/C17H25N3/c1-4-10-18-13-14-12-17(20(3)11-5-2)19-16-9-7-6-8-15(14)16/h6-9,12,18H,4-5,10-11,13H2,1-3H3. The van der Waals surface area contributed by atoms with Crippen molar-refractivity contribution in [3.05, 3.63) is 35.9 Å². The fourth-order valence-corrected chi connectivity index (χ4v) is 2.42. The molecule has 0 saturated carbocycles. The lowest BCUT2D eigenvalue weighted by Crippen LogP contribution is -2.20. The molecule has 108 valence electrons. The zero-order chi connectivity index (χ0) is 14.4. The Labute approximate surface area is 122 Å². The van der Waals surface area contributed by atoms with Gasteiger partial charge >= 0.3 is 0 Å². The summed E-state index contributed by atoms with van der Waals surface area (Å²) in [6, 6.07) is 10.6. The number of hydrogen-bond acceptors (Lipinski definition) is 3. The van der Waals surface area contributed by atoms with Gasteiger partial charge in [-0.1, -0.05) is 32.0 Å². The number of hydrogen-bond donors (Lipinski definition) is 1. The Morgan fingerprint density at radius 1 is 1.15 bits per heavy atom. The number of nitrogens with zero attached hydrogens (tertiary/aromatic N) is 2. The fraction of sp³-hybridized carbons (Fsp3) is 0.471. The van der Waals surface area contributed by atoms with Gasteiger partial charge in [-0.05, 0) is 37.1 Å². The number of pyridine rings is 1. The first-order valence-corrected chi connectivity index (χ1v) is 7.56. The Balaban J connectivity index is 2.35. The van der Waals surface area contributed by atoms with Crippen LogP contribution < -0.4 is 10.2 Å². The molecule has 2 rings (SSSR count). The lowest BCUT2D eigenvalue weighted by Gasteiger charge is -2.19. The van der Waals surface area contributed by atoms with Crippen LogP contribution in [0.15, 0.2) is 30.3 Å². The summed E-state index contributed by atoms with van der Waals surface area (Å²) in [5.74, 6) is 1.07. The zero-order valence-electron chi connectivity index (χ0n) is 12.8. The molecule has 3 nitrogen and oxygen atoms in total. The Hall–Kier alpha value is -1.61. The van der Waals surface area contributed by atoms with Crippen LogP contribution in [0.3, 0.4) is 0 Å². The minimum absolute atomic E-state index is 0.907. The molecule has 1 aromatic carbocycles. The van der Waals surface area contributed by atoms with Crippen LogP contribution in [0.1, 0.15) is 32.3 Å². The molecule has 0 aliphatic rings. The lowest BCUT2D eigenvalue weighted by molar-refractivity contribution is 0.677. The quantitative estimate of drug-likeness (QED) is 0.780. The molecule has 0 aliphatic heterocycles. The molecule has 0 unspecified atom stereocenters. The zero-order valence-corrected chi connectivity index (χ0v) is 12.8. The summed E-state index contributed by atoms with van der Waals surface area (Å²) in [4.78, 5) is 7.01. The van der Waals surface area contributed by atoms with E-state index in [-0.39, 0.29) is 0 Å². The van der Waals surface area contributed by atoms with Crippen molar-refractivity contribution in [2.24, 2.45) is 0 Å². The molecule has 0 amide bonds. The van der Waals surface area contributed by atoms with Gasteiger partial charge in [0.1, 0.15) is 5.82 Å². The van der Waals surface area contributed by atoms with Crippen molar-refractivity contribution >= 4 is 16.7 Å². The van der Waals surface area contributed by atoms with Crippen molar-refractivity contribution in [3.8, 4) is 0 Å². The first-order valence-electron chi connectivity index (χ1n) is 7.56. The van der Waals surface area contributed by atoms with Crippen LogP contribution >= 0.6 is 0 Å². The second-order valence-electron chi connectivity index (χ2n) is 5.26. The van der Waals surface area contributed by atoms with Crippen molar-refractivity contribution in [2.45, 2.75) is 33.2 Å².